The van der Waals surface area contributed by atoms with Crippen LogP contribution in [0.1, 0.15) is 50.7 Å². The fourth-order valence-electron chi connectivity index (χ4n) is 3.26. The van der Waals surface area contributed by atoms with Gasteiger partial charge in [-0.2, -0.15) is 26.3 Å². The second-order valence-electron chi connectivity index (χ2n) is 9.02. The van der Waals surface area contributed by atoms with Crippen LogP contribution in [0.2, 0.25) is 0 Å². The van der Waals surface area contributed by atoms with Crippen molar-refractivity contribution in [2.24, 2.45) is 0 Å². The maximum Gasteiger partial charge on any atom is 0.454 e. The minimum atomic E-state index is -4.83. The normalized spacial score (nSPS) is 16.2. The molecule has 0 aliphatic carbocycles. The molecule has 0 bridgehead atoms. The first-order valence-electron chi connectivity index (χ1n) is 11.4. The smallest absolute Gasteiger partial charge is 0.349 e. The fourth-order valence-corrected chi connectivity index (χ4v) is 5.23. The third kappa shape index (κ3) is 8.82. The molecule has 2 N–H and O–H groups in total. The van der Waals surface area contributed by atoms with Crippen molar-refractivity contribution in [3.8, 4) is 0 Å². The van der Waals surface area contributed by atoms with Crippen LogP contribution in [0.25, 0.3) is 0 Å². The third-order valence-electron chi connectivity index (χ3n) is 5.38. The van der Waals surface area contributed by atoms with Crippen molar-refractivity contribution >= 4 is 46.5 Å². The van der Waals surface area contributed by atoms with Crippen LogP contribution in [0.3, 0.4) is 0 Å². The summed E-state index contributed by atoms with van der Waals surface area (Å²) in [6, 6.07) is 11.3. The molecule has 1 radical (unpaired) electrons. The van der Waals surface area contributed by atoms with E-state index < -0.39 is 23.9 Å². The maximum absolute atomic E-state index is 12.2. The first-order chi connectivity index (χ1) is 17.5. The van der Waals surface area contributed by atoms with Crippen LogP contribution in [-0.4, -0.2) is 23.9 Å². The van der Waals surface area contributed by atoms with Crippen molar-refractivity contribution < 1.29 is 52.7 Å². The summed E-state index contributed by atoms with van der Waals surface area (Å²) in [5, 5.41) is 6.03. The summed E-state index contributed by atoms with van der Waals surface area (Å²) in [6.45, 7) is 8.16. The van der Waals surface area contributed by atoms with E-state index in [0.29, 0.717) is 24.0 Å². The second-order valence-corrected chi connectivity index (χ2v) is 11.2. The molecule has 0 spiro atoms. The largest absolute Gasteiger partial charge is 0.454 e. The van der Waals surface area contributed by atoms with E-state index in [9.17, 15) is 35.9 Å². The van der Waals surface area contributed by atoms with E-state index in [2.05, 4.69) is 10.6 Å². The van der Waals surface area contributed by atoms with Crippen molar-refractivity contribution in [2.45, 2.75) is 61.7 Å². The number of allylic oxidation sites excluding steroid dienone is 2. The molecule has 0 amide bonds. The van der Waals surface area contributed by atoms with E-state index in [1.165, 1.54) is 0 Å². The molecule has 213 valence electrons. The summed E-state index contributed by atoms with van der Waals surface area (Å²) in [4.78, 5) is 23.5. The van der Waals surface area contributed by atoms with Gasteiger partial charge in [-0.15, -0.1) is 0 Å². The summed E-state index contributed by atoms with van der Waals surface area (Å²) >= 11 is 2.28. The van der Waals surface area contributed by atoms with Gasteiger partial charge in [0.15, 0.2) is 0 Å². The number of carbonyl (C=O) groups excluding carboxylic acids is 2. The molecule has 2 aliphatic heterocycles. The monoisotopic (exact) mass is 633 g/mol. The molecule has 0 atom stereocenters. The van der Waals surface area contributed by atoms with Gasteiger partial charge in [0.05, 0.1) is 21.4 Å². The van der Waals surface area contributed by atoms with Crippen molar-refractivity contribution in [1.82, 2.24) is 0 Å². The van der Waals surface area contributed by atoms with Gasteiger partial charge in [-0.3, -0.25) is 9.59 Å². The molecule has 0 saturated carbocycles. The number of nitrogens with one attached hydrogen (secondary N) is 2. The Morgan fingerprint density at radius 2 is 1.03 bits per heavy atom. The minimum Gasteiger partial charge on any atom is -0.349 e. The van der Waals surface area contributed by atoms with Gasteiger partial charge in [0.1, 0.15) is 0 Å². The minimum absolute atomic E-state index is 0. The summed E-state index contributed by atoms with van der Waals surface area (Å²) in [7, 11) is 0. The van der Waals surface area contributed by atoms with Crippen LogP contribution >= 0.6 is 23.5 Å². The number of thioether (sulfide) groups is 2. The topological polar surface area (TPSA) is 58.2 Å². The van der Waals surface area contributed by atoms with Crippen LogP contribution in [-0.2, 0) is 26.4 Å². The van der Waals surface area contributed by atoms with Gasteiger partial charge in [-0.05, 0) is 47.2 Å². The van der Waals surface area contributed by atoms with Gasteiger partial charge < -0.3 is 10.6 Å². The maximum atomic E-state index is 12.2. The number of carbonyl (C=O) groups is 2. The van der Waals surface area contributed by atoms with E-state index >= 15 is 0 Å². The van der Waals surface area contributed by atoms with Crippen molar-refractivity contribution in [1.29, 1.82) is 0 Å². The van der Waals surface area contributed by atoms with Gasteiger partial charge in [0, 0.05) is 38.7 Å². The number of alkyl halides is 6. The molecule has 2 heterocycles. The zero-order chi connectivity index (χ0) is 28.4. The van der Waals surface area contributed by atoms with Crippen molar-refractivity contribution in [3.05, 3.63) is 69.7 Å². The number of benzene rings is 2. The predicted molar refractivity (Wildman–Crippen MR) is 138 cm³/mol. The summed E-state index contributed by atoms with van der Waals surface area (Å²) in [6.07, 6.45) is -8.46. The number of rotatable bonds is 4. The van der Waals surface area contributed by atoms with E-state index in [-0.39, 0.29) is 26.8 Å². The zero-order valence-electron chi connectivity index (χ0n) is 21.0. The second kappa shape index (κ2) is 12.9. The van der Waals surface area contributed by atoms with Gasteiger partial charge in [-0.1, -0.05) is 63.4 Å². The molecular formula is C26H24CoF6N2O2S2. The number of hydrogen-bond donors (Lipinski definition) is 2. The first kappa shape index (κ1) is 32.9. The molecule has 13 heteroatoms. The Labute approximate surface area is 240 Å². The summed E-state index contributed by atoms with van der Waals surface area (Å²) in [5.74, 6) is -3.01. The van der Waals surface area contributed by atoms with Gasteiger partial charge in [-0.25, -0.2) is 0 Å². The molecule has 0 unspecified atom stereocenters. The standard InChI is InChI=1S/2C13H12F3NOS.Co/c2*1-7(2)8-3-4-9-10(5-8)19-12(17-9)6-11(18)13(14,15)16;/h2*3-7,17H,1-2H3;. The van der Waals surface area contributed by atoms with E-state index in [0.717, 1.165) is 55.8 Å². The van der Waals surface area contributed by atoms with E-state index in [1.807, 2.05) is 64.1 Å². The summed E-state index contributed by atoms with van der Waals surface area (Å²) in [5.41, 5.74) is 3.68. The Morgan fingerprint density at radius 3 is 1.31 bits per heavy atom. The van der Waals surface area contributed by atoms with E-state index in [1.54, 1.807) is 0 Å². The van der Waals surface area contributed by atoms with Crippen LogP contribution < -0.4 is 10.6 Å². The predicted octanol–water partition coefficient (Wildman–Crippen LogP) is 8.60. The number of fused-ring (bicyclic) bond motifs is 2. The number of anilines is 2. The molecule has 0 fully saturated rings. The Kier molecular flexibility index (Phi) is 10.8. The van der Waals surface area contributed by atoms with Crippen LogP contribution in [0, 0.1) is 0 Å². The van der Waals surface area contributed by atoms with Gasteiger partial charge >= 0.3 is 12.4 Å². The average Bonchev–Trinajstić information content (AvgIpc) is 3.39. The number of ketones is 2. The van der Waals surface area contributed by atoms with Gasteiger partial charge in [0.2, 0.25) is 0 Å². The molecule has 4 rings (SSSR count). The third-order valence-corrected chi connectivity index (χ3v) is 7.38. The molecular weight excluding hydrogens is 609 g/mol. The quantitative estimate of drug-likeness (QED) is 0.260. The van der Waals surface area contributed by atoms with E-state index in [4.69, 9.17) is 0 Å². The van der Waals surface area contributed by atoms with Crippen molar-refractivity contribution in [3.63, 3.8) is 0 Å². The molecule has 0 saturated heterocycles. The molecule has 2 aliphatic rings. The first-order valence-corrected chi connectivity index (χ1v) is 13.0. The van der Waals surface area contributed by atoms with Gasteiger partial charge in [0.25, 0.3) is 11.6 Å². The zero-order valence-corrected chi connectivity index (χ0v) is 23.7. The van der Waals surface area contributed by atoms with Crippen LogP contribution in [0.15, 0.2) is 68.4 Å². The molecule has 39 heavy (non-hydrogen) atoms. The number of halogens is 6. The average molecular weight is 634 g/mol. The Bertz CT molecular complexity index is 1200. The summed E-state index contributed by atoms with van der Waals surface area (Å²) < 4.78 is 73.0. The van der Waals surface area contributed by atoms with Crippen molar-refractivity contribution in [2.75, 3.05) is 10.6 Å². The Balaban J connectivity index is 0.000000267. The fraction of sp³-hybridized carbons (Fsp3) is 0.308. The Hall–Kier alpha value is -2.35. The SMILES string of the molecule is CC(C)c1ccc2c(c1)SC(=CC(=O)C(F)(F)F)N2.CC(C)c1ccc2c(c1)SC(=CC(=O)C(F)(F)F)N2.[Co]. The van der Waals surface area contributed by atoms with Crippen LogP contribution in [0.5, 0.6) is 0 Å². The molecule has 0 aromatic heterocycles. The molecule has 4 nitrogen and oxygen atoms in total. The molecule has 2 aromatic rings. The Morgan fingerprint density at radius 1 is 0.692 bits per heavy atom. The van der Waals surface area contributed by atoms with Crippen LogP contribution in [0.4, 0.5) is 37.7 Å². The number of hydrogen-bond acceptors (Lipinski definition) is 6. The molecule has 2 aromatic carbocycles.